The third-order valence-electron chi connectivity index (χ3n) is 4.92. The second kappa shape index (κ2) is 6.37. The van der Waals surface area contributed by atoms with Gasteiger partial charge in [-0.1, -0.05) is 35.4 Å². The van der Waals surface area contributed by atoms with Crippen LogP contribution in [0.3, 0.4) is 0 Å². The van der Waals surface area contributed by atoms with Crippen molar-refractivity contribution < 1.29 is 19.1 Å². The highest BCUT2D eigenvalue weighted by Crippen LogP contribution is 2.48. The summed E-state index contributed by atoms with van der Waals surface area (Å²) in [5, 5.41) is 12.3. The molecule has 2 aliphatic rings. The Morgan fingerprint density at radius 1 is 1.25 bits per heavy atom. The highest BCUT2D eigenvalue weighted by atomic mass is 35.5. The number of fused-ring (bicyclic) bond motifs is 2. The van der Waals surface area contributed by atoms with Crippen LogP contribution in [-0.2, 0) is 9.59 Å². The largest absolute Gasteiger partial charge is 0.481 e. The SMILES string of the molecule is CC(NC(=O)C1C2C=CC(C2)C1C(=O)O)c1c(Cl)ccc(F)c1Cl. The summed E-state index contributed by atoms with van der Waals surface area (Å²) in [6.07, 6.45) is 4.45. The maximum absolute atomic E-state index is 13.7. The van der Waals surface area contributed by atoms with Crippen molar-refractivity contribution in [3.8, 4) is 0 Å². The molecule has 0 aliphatic heterocycles. The number of benzene rings is 1. The Labute approximate surface area is 148 Å². The second-order valence-corrected chi connectivity index (χ2v) is 7.11. The monoisotopic (exact) mass is 371 g/mol. The van der Waals surface area contributed by atoms with E-state index in [4.69, 9.17) is 23.2 Å². The second-order valence-electron chi connectivity index (χ2n) is 6.33. The van der Waals surface area contributed by atoms with E-state index in [1.54, 1.807) is 6.92 Å². The molecular weight excluding hydrogens is 356 g/mol. The number of aliphatic carboxylic acids is 1. The van der Waals surface area contributed by atoms with Gasteiger partial charge in [-0.3, -0.25) is 9.59 Å². The van der Waals surface area contributed by atoms with Gasteiger partial charge >= 0.3 is 5.97 Å². The van der Waals surface area contributed by atoms with Crippen molar-refractivity contribution >= 4 is 35.1 Å². The van der Waals surface area contributed by atoms with Gasteiger partial charge < -0.3 is 10.4 Å². The van der Waals surface area contributed by atoms with E-state index in [0.29, 0.717) is 6.42 Å². The first-order valence-electron chi connectivity index (χ1n) is 7.66. The summed E-state index contributed by atoms with van der Waals surface area (Å²) < 4.78 is 13.7. The van der Waals surface area contributed by atoms with E-state index < -0.39 is 29.7 Å². The maximum Gasteiger partial charge on any atom is 0.307 e. The Hall–Kier alpha value is -1.59. The van der Waals surface area contributed by atoms with Gasteiger partial charge in [-0.25, -0.2) is 4.39 Å². The molecule has 2 N–H and O–H groups in total. The van der Waals surface area contributed by atoms with Crippen LogP contribution in [-0.4, -0.2) is 17.0 Å². The topological polar surface area (TPSA) is 66.4 Å². The van der Waals surface area contributed by atoms with E-state index in [1.807, 2.05) is 12.2 Å². The Balaban J connectivity index is 1.81. The molecule has 0 aromatic heterocycles. The van der Waals surface area contributed by atoms with Crippen molar-refractivity contribution in [2.24, 2.45) is 23.7 Å². The highest BCUT2D eigenvalue weighted by Gasteiger charge is 2.51. The van der Waals surface area contributed by atoms with Gasteiger partial charge in [-0.05, 0) is 37.3 Å². The number of hydrogen-bond donors (Lipinski definition) is 2. The minimum atomic E-state index is -0.971. The molecule has 5 unspecified atom stereocenters. The number of carbonyl (C=O) groups excluding carboxylic acids is 1. The Morgan fingerprint density at radius 2 is 1.88 bits per heavy atom. The summed E-state index contributed by atoms with van der Waals surface area (Å²) in [7, 11) is 0. The Morgan fingerprint density at radius 3 is 2.50 bits per heavy atom. The molecule has 4 nitrogen and oxygen atoms in total. The molecule has 1 amide bonds. The molecule has 1 aromatic rings. The molecule has 5 atom stereocenters. The smallest absolute Gasteiger partial charge is 0.307 e. The van der Waals surface area contributed by atoms with Gasteiger partial charge in [-0.15, -0.1) is 0 Å². The zero-order valence-corrected chi connectivity index (χ0v) is 14.3. The van der Waals surface area contributed by atoms with Crippen molar-refractivity contribution in [3.05, 3.63) is 45.7 Å². The van der Waals surface area contributed by atoms with Crippen LogP contribution >= 0.6 is 23.2 Å². The van der Waals surface area contributed by atoms with Crippen LogP contribution in [0.2, 0.25) is 10.0 Å². The standard InChI is InChI=1S/C17H16Cl2FNO3/c1-7(12-10(18)4-5-11(20)15(12)19)21-16(22)13-8-2-3-9(6-8)14(13)17(23)24/h2-5,7-9,13-14H,6H2,1H3,(H,21,22)(H,23,24). The maximum atomic E-state index is 13.7. The zero-order valence-electron chi connectivity index (χ0n) is 12.8. The summed E-state index contributed by atoms with van der Waals surface area (Å²) in [4.78, 5) is 24.2. The van der Waals surface area contributed by atoms with Crippen molar-refractivity contribution in [3.63, 3.8) is 0 Å². The molecule has 3 rings (SSSR count). The molecule has 0 heterocycles. The highest BCUT2D eigenvalue weighted by molar-refractivity contribution is 6.36. The fourth-order valence-corrected chi connectivity index (χ4v) is 4.54. The number of rotatable bonds is 4. The van der Waals surface area contributed by atoms with E-state index in [2.05, 4.69) is 5.32 Å². The molecule has 128 valence electrons. The average Bonchev–Trinajstić information content (AvgIpc) is 3.12. The molecule has 1 fully saturated rings. The number of carboxylic acid groups (broad SMARTS) is 1. The average molecular weight is 372 g/mol. The molecular formula is C17H16Cl2FNO3. The zero-order chi connectivity index (χ0) is 17.6. The van der Waals surface area contributed by atoms with Crippen molar-refractivity contribution in [2.75, 3.05) is 0 Å². The van der Waals surface area contributed by atoms with E-state index in [1.165, 1.54) is 6.07 Å². The number of halogens is 3. The molecule has 1 aromatic carbocycles. The predicted octanol–water partition coefficient (Wildman–Crippen LogP) is 3.83. The fourth-order valence-electron chi connectivity index (χ4n) is 3.84. The van der Waals surface area contributed by atoms with Gasteiger partial charge in [0.05, 0.1) is 22.9 Å². The normalized spacial score (nSPS) is 28.8. The van der Waals surface area contributed by atoms with E-state index >= 15 is 0 Å². The third kappa shape index (κ3) is 2.80. The van der Waals surface area contributed by atoms with Crippen LogP contribution in [0.25, 0.3) is 0 Å². The molecule has 0 radical (unpaired) electrons. The number of carboxylic acids is 1. The number of nitrogens with one attached hydrogen (secondary N) is 1. The quantitative estimate of drug-likeness (QED) is 0.624. The van der Waals surface area contributed by atoms with Crippen LogP contribution < -0.4 is 5.32 Å². The lowest BCUT2D eigenvalue weighted by Gasteiger charge is -2.26. The van der Waals surface area contributed by atoms with Gasteiger partial charge in [0.1, 0.15) is 5.82 Å². The van der Waals surface area contributed by atoms with Crippen LogP contribution in [0.15, 0.2) is 24.3 Å². The number of hydrogen-bond acceptors (Lipinski definition) is 2. The molecule has 2 bridgehead atoms. The lowest BCUT2D eigenvalue weighted by Crippen LogP contribution is -2.41. The first-order valence-corrected chi connectivity index (χ1v) is 8.41. The molecule has 2 aliphatic carbocycles. The lowest BCUT2D eigenvalue weighted by atomic mass is 9.82. The predicted molar refractivity (Wildman–Crippen MR) is 88.3 cm³/mol. The summed E-state index contributed by atoms with van der Waals surface area (Å²) in [5.41, 5.74) is 0.289. The van der Waals surface area contributed by atoms with Crippen LogP contribution in [0.4, 0.5) is 4.39 Å². The molecule has 7 heteroatoms. The van der Waals surface area contributed by atoms with Gasteiger partial charge in [0, 0.05) is 10.6 Å². The molecule has 0 saturated heterocycles. The fraction of sp³-hybridized carbons (Fsp3) is 0.412. The first-order chi connectivity index (χ1) is 11.3. The number of carbonyl (C=O) groups is 2. The van der Waals surface area contributed by atoms with Crippen molar-refractivity contribution in [1.29, 1.82) is 0 Å². The summed E-state index contributed by atoms with van der Waals surface area (Å²) >= 11 is 12.0. The van der Waals surface area contributed by atoms with Gasteiger partial charge in [0.2, 0.25) is 5.91 Å². The lowest BCUT2D eigenvalue weighted by molar-refractivity contribution is -0.148. The van der Waals surface area contributed by atoms with E-state index in [9.17, 15) is 19.1 Å². The van der Waals surface area contributed by atoms with E-state index in [0.717, 1.165) is 6.07 Å². The van der Waals surface area contributed by atoms with Crippen LogP contribution in [0, 0.1) is 29.5 Å². The summed E-state index contributed by atoms with van der Waals surface area (Å²) in [5.74, 6) is -3.52. The van der Waals surface area contributed by atoms with Crippen molar-refractivity contribution in [2.45, 2.75) is 19.4 Å². The molecule has 24 heavy (non-hydrogen) atoms. The number of allylic oxidation sites excluding steroid dienone is 2. The van der Waals surface area contributed by atoms with Gasteiger partial charge in [-0.2, -0.15) is 0 Å². The molecule has 0 spiro atoms. The summed E-state index contributed by atoms with van der Waals surface area (Å²) in [6.45, 7) is 1.64. The van der Waals surface area contributed by atoms with Crippen LogP contribution in [0.1, 0.15) is 24.9 Å². The minimum absolute atomic E-state index is 0.0817. The van der Waals surface area contributed by atoms with Gasteiger partial charge in [0.15, 0.2) is 0 Å². The Bertz CT molecular complexity index is 737. The number of amides is 1. The summed E-state index contributed by atoms with van der Waals surface area (Å²) in [6, 6.07) is 1.90. The molecule has 1 saturated carbocycles. The minimum Gasteiger partial charge on any atom is -0.481 e. The Kier molecular flexibility index (Phi) is 4.58. The first kappa shape index (κ1) is 17.2. The van der Waals surface area contributed by atoms with Crippen molar-refractivity contribution in [1.82, 2.24) is 5.32 Å². The van der Waals surface area contributed by atoms with Crippen LogP contribution in [0.5, 0.6) is 0 Å². The van der Waals surface area contributed by atoms with E-state index in [-0.39, 0.29) is 33.4 Å². The third-order valence-corrected chi connectivity index (χ3v) is 5.63. The van der Waals surface area contributed by atoms with Gasteiger partial charge in [0.25, 0.3) is 0 Å².